The summed E-state index contributed by atoms with van der Waals surface area (Å²) >= 11 is 0. The van der Waals surface area contributed by atoms with E-state index in [-0.39, 0.29) is 0 Å². The highest BCUT2D eigenvalue weighted by Gasteiger charge is 2.15. The molecule has 2 heteroatoms. The molecular formula is C21H18N2. The Hall–Kier alpha value is -3.00. The molecule has 0 radical (unpaired) electrons. The zero-order valence-electron chi connectivity index (χ0n) is 13.0. The fourth-order valence-corrected chi connectivity index (χ4v) is 3.06. The van der Waals surface area contributed by atoms with Crippen LogP contribution in [0.4, 0.5) is 17.1 Å². The third-order valence-electron chi connectivity index (χ3n) is 4.05. The molecule has 3 aromatic carbocycles. The van der Waals surface area contributed by atoms with Crippen molar-refractivity contribution in [2.45, 2.75) is 6.92 Å². The van der Waals surface area contributed by atoms with E-state index in [2.05, 4.69) is 89.6 Å². The number of nitrogens with zero attached hydrogens (tertiary/aromatic N) is 1. The first kappa shape index (κ1) is 13.6. The molecular weight excluding hydrogens is 280 g/mol. The molecule has 0 aliphatic heterocycles. The highest BCUT2D eigenvalue weighted by Crippen LogP contribution is 2.38. The summed E-state index contributed by atoms with van der Waals surface area (Å²) in [5, 5.41) is 1.23. The number of hydrogen-bond acceptors (Lipinski definition) is 1. The van der Waals surface area contributed by atoms with E-state index in [4.69, 9.17) is 0 Å². The molecule has 1 aromatic heterocycles. The van der Waals surface area contributed by atoms with Crippen LogP contribution < -0.4 is 4.90 Å². The second-order valence-corrected chi connectivity index (χ2v) is 5.70. The van der Waals surface area contributed by atoms with Crippen LogP contribution in [0.5, 0.6) is 0 Å². The first-order valence-corrected chi connectivity index (χ1v) is 7.81. The highest BCUT2D eigenvalue weighted by molar-refractivity contribution is 5.97. The minimum atomic E-state index is 1.16. The van der Waals surface area contributed by atoms with Crippen molar-refractivity contribution in [3.63, 3.8) is 0 Å². The molecule has 23 heavy (non-hydrogen) atoms. The van der Waals surface area contributed by atoms with Crippen LogP contribution in [0.25, 0.3) is 10.9 Å². The topological polar surface area (TPSA) is 19.0 Å². The van der Waals surface area contributed by atoms with Gasteiger partial charge < -0.3 is 9.88 Å². The summed E-state index contributed by atoms with van der Waals surface area (Å²) in [6, 6.07) is 29.6. The number of hydrogen-bond donors (Lipinski definition) is 1. The molecule has 0 fully saturated rings. The lowest BCUT2D eigenvalue weighted by Gasteiger charge is -2.26. The molecule has 0 spiro atoms. The number of aromatic amines is 1. The molecule has 4 aromatic rings. The quantitative estimate of drug-likeness (QED) is 0.495. The molecule has 4 rings (SSSR count). The Morgan fingerprint density at radius 3 is 1.91 bits per heavy atom. The standard InChI is InChI=1S/C21H18N2/c1-16-15-19-20(22-16)13-8-14-21(19)23(17-9-4-2-5-10-17)18-11-6-3-7-12-18/h2-15,22H,1H3. The maximum Gasteiger partial charge on any atom is 0.0555 e. The van der Waals surface area contributed by atoms with Crippen molar-refractivity contribution in [2.24, 2.45) is 0 Å². The Labute approximate surface area is 136 Å². The van der Waals surface area contributed by atoms with Gasteiger partial charge >= 0.3 is 0 Å². The van der Waals surface area contributed by atoms with Gasteiger partial charge in [-0.15, -0.1) is 0 Å². The number of fused-ring (bicyclic) bond motifs is 1. The molecule has 2 nitrogen and oxygen atoms in total. The summed E-state index contributed by atoms with van der Waals surface area (Å²) in [7, 11) is 0. The Bertz CT molecular complexity index is 884. The monoisotopic (exact) mass is 298 g/mol. The van der Waals surface area contributed by atoms with Crippen LogP contribution in [0.15, 0.2) is 84.9 Å². The highest BCUT2D eigenvalue weighted by atomic mass is 15.1. The number of H-pyrrole nitrogens is 1. The molecule has 0 aliphatic carbocycles. The van der Waals surface area contributed by atoms with Crippen molar-refractivity contribution >= 4 is 28.0 Å². The van der Waals surface area contributed by atoms with Gasteiger partial charge in [0.05, 0.1) is 5.69 Å². The van der Waals surface area contributed by atoms with E-state index in [1.165, 1.54) is 16.8 Å². The Morgan fingerprint density at radius 1 is 0.696 bits per heavy atom. The van der Waals surface area contributed by atoms with Crippen LogP contribution in [0.3, 0.4) is 0 Å². The number of para-hydroxylation sites is 2. The van der Waals surface area contributed by atoms with Crippen molar-refractivity contribution in [1.82, 2.24) is 4.98 Å². The molecule has 0 bridgehead atoms. The molecule has 1 heterocycles. The zero-order valence-corrected chi connectivity index (χ0v) is 13.0. The SMILES string of the molecule is Cc1cc2c(N(c3ccccc3)c3ccccc3)cccc2[nH]1. The number of rotatable bonds is 3. The third-order valence-corrected chi connectivity index (χ3v) is 4.05. The number of nitrogens with one attached hydrogen (secondary N) is 1. The number of anilines is 3. The van der Waals surface area contributed by atoms with E-state index in [1.54, 1.807) is 0 Å². The zero-order chi connectivity index (χ0) is 15.6. The third kappa shape index (κ3) is 2.49. The largest absolute Gasteiger partial charge is 0.359 e. The van der Waals surface area contributed by atoms with Gasteiger partial charge in [-0.05, 0) is 49.4 Å². The fourth-order valence-electron chi connectivity index (χ4n) is 3.06. The van der Waals surface area contributed by atoms with E-state index in [9.17, 15) is 0 Å². The minimum Gasteiger partial charge on any atom is -0.359 e. The van der Waals surface area contributed by atoms with Gasteiger partial charge in [0.25, 0.3) is 0 Å². The van der Waals surface area contributed by atoms with E-state index in [0.717, 1.165) is 16.9 Å². The smallest absolute Gasteiger partial charge is 0.0555 e. The van der Waals surface area contributed by atoms with Crippen LogP contribution in [-0.2, 0) is 0 Å². The summed E-state index contributed by atoms with van der Waals surface area (Å²) in [5.41, 5.74) is 5.84. The molecule has 0 amide bonds. The predicted octanol–water partition coefficient (Wildman–Crippen LogP) is 5.95. The van der Waals surface area contributed by atoms with E-state index in [0.29, 0.717) is 0 Å². The van der Waals surface area contributed by atoms with Crippen LogP contribution in [0.2, 0.25) is 0 Å². The first-order valence-electron chi connectivity index (χ1n) is 7.81. The van der Waals surface area contributed by atoms with Crippen molar-refractivity contribution in [3.05, 3.63) is 90.6 Å². The van der Waals surface area contributed by atoms with Gasteiger partial charge in [-0.25, -0.2) is 0 Å². The van der Waals surface area contributed by atoms with Crippen LogP contribution in [0, 0.1) is 6.92 Å². The summed E-state index contributed by atoms with van der Waals surface area (Å²) in [5.74, 6) is 0. The Balaban J connectivity index is 1.98. The summed E-state index contributed by atoms with van der Waals surface area (Å²) in [6.45, 7) is 2.10. The molecule has 112 valence electrons. The van der Waals surface area contributed by atoms with Gasteiger partial charge in [-0.3, -0.25) is 0 Å². The van der Waals surface area contributed by atoms with E-state index in [1.807, 2.05) is 12.1 Å². The van der Waals surface area contributed by atoms with Crippen molar-refractivity contribution in [1.29, 1.82) is 0 Å². The van der Waals surface area contributed by atoms with Crippen LogP contribution >= 0.6 is 0 Å². The Morgan fingerprint density at radius 2 is 1.30 bits per heavy atom. The van der Waals surface area contributed by atoms with Crippen molar-refractivity contribution in [3.8, 4) is 0 Å². The van der Waals surface area contributed by atoms with Gasteiger partial charge in [0.2, 0.25) is 0 Å². The molecule has 0 unspecified atom stereocenters. The minimum absolute atomic E-state index is 1.16. The first-order chi connectivity index (χ1) is 11.3. The average Bonchev–Trinajstić information content (AvgIpc) is 2.98. The summed E-state index contributed by atoms with van der Waals surface area (Å²) < 4.78 is 0. The number of aryl methyl sites for hydroxylation is 1. The normalized spacial score (nSPS) is 10.8. The molecule has 1 N–H and O–H groups in total. The number of benzene rings is 3. The van der Waals surface area contributed by atoms with Gasteiger partial charge in [0.1, 0.15) is 0 Å². The molecule has 0 aliphatic rings. The lowest BCUT2D eigenvalue weighted by molar-refractivity contribution is 1.30. The average molecular weight is 298 g/mol. The van der Waals surface area contributed by atoms with Crippen molar-refractivity contribution < 1.29 is 0 Å². The molecule has 0 atom stereocenters. The fraction of sp³-hybridized carbons (Fsp3) is 0.0476. The summed E-state index contributed by atoms with van der Waals surface area (Å²) in [6.07, 6.45) is 0. The predicted molar refractivity (Wildman–Crippen MR) is 97.7 cm³/mol. The van der Waals surface area contributed by atoms with Gasteiger partial charge in [0.15, 0.2) is 0 Å². The maximum atomic E-state index is 3.43. The van der Waals surface area contributed by atoms with Crippen LogP contribution in [-0.4, -0.2) is 4.98 Å². The van der Waals surface area contributed by atoms with Gasteiger partial charge in [-0.1, -0.05) is 42.5 Å². The second-order valence-electron chi connectivity index (χ2n) is 5.70. The van der Waals surface area contributed by atoms with Gasteiger partial charge in [-0.2, -0.15) is 0 Å². The van der Waals surface area contributed by atoms with E-state index < -0.39 is 0 Å². The number of aromatic nitrogens is 1. The summed E-state index contributed by atoms with van der Waals surface area (Å²) in [4.78, 5) is 5.73. The second kappa shape index (κ2) is 5.65. The lowest BCUT2D eigenvalue weighted by atomic mass is 10.1. The van der Waals surface area contributed by atoms with Gasteiger partial charge in [0, 0.05) is 28.0 Å². The molecule has 0 saturated heterocycles. The molecule has 0 saturated carbocycles. The lowest BCUT2D eigenvalue weighted by Crippen LogP contribution is -2.09. The maximum absolute atomic E-state index is 3.43. The van der Waals surface area contributed by atoms with E-state index >= 15 is 0 Å². The van der Waals surface area contributed by atoms with Crippen molar-refractivity contribution in [2.75, 3.05) is 4.90 Å². The Kier molecular flexibility index (Phi) is 3.35. The van der Waals surface area contributed by atoms with Crippen LogP contribution in [0.1, 0.15) is 5.69 Å².